The summed E-state index contributed by atoms with van der Waals surface area (Å²) in [6.45, 7) is 5.57. The molecule has 0 aliphatic rings. The van der Waals surface area contributed by atoms with Gasteiger partial charge in [0, 0.05) is 0 Å². The normalized spacial score (nSPS) is 11.3. The first-order valence-electron chi connectivity index (χ1n) is 4.16. The summed E-state index contributed by atoms with van der Waals surface area (Å²) >= 11 is 0. The number of aromatic nitrogens is 1. The molecule has 13 heavy (non-hydrogen) atoms. The van der Waals surface area contributed by atoms with Gasteiger partial charge in [-0.1, -0.05) is 0 Å². The first-order valence-corrected chi connectivity index (χ1v) is 4.16. The lowest BCUT2D eigenvalue weighted by atomic mass is 9.94. The Hall–Kier alpha value is -1.32. The van der Waals surface area contributed by atoms with Gasteiger partial charge in [-0.25, -0.2) is 4.98 Å². The molecule has 4 nitrogen and oxygen atoms in total. The molecule has 4 heteroatoms. The third kappa shape index (κ3) is 1.88. The zero-order valence-electron chi connectivity index (χ0n) is 8.03. The molecule has 0 spiro atoms. The lowest BCUT2D eigenvalue weighted by Gasteiger charge is -2.17. The zero-order chi connectivity index (χ0) is 9.90. The molecule has 0 N–H and O–H groups in total. The van der Waals surface area contributed by atoms with E-state index in [0.29, 0.717) is 12.5 Å². The quantitative estimate of drug-likeness (QED) is 0.666. The van der Waals surface area contributed by atoms with E-state index in [1.54, 1.807) is 20.8 Å². The first-order chi connectivity index (χ1) is 6.09. The van der Waals surface area contributed by atoms with Crippen LogP contribution in [0.2, 0.25) is 0 Å². The molecule has 1 aromatic heterocycles. The highest BCUT2D eigenvalue weighted by atomic mass is 16.5. The van der Waals surface area contributed by atoms with Crippen LogP contribution in [0.5, 0.6) is 0 Å². The molecule has 1 heterocycles. The SMILES string of the molecule is CCOC(=O)C(C)(C)c1ncco1. The van der Waals surface area contributed by atoms with E-state index in [0.717, 1.165) is 0 Å². The van der Waals surface area contributed by atoms with Gasteiger partial charge in [-0.05, 0) is 20.8 Å². The molecule has 0 aliphatic carbocycles. The molecule has 0 bridgehead atoms. The summed E-state index contributed by atoms with van der Waals surface area (Å²) in [6.07, 6.45) is 2.95. The van der Waals surface area contributed by atoms with Crippen molar-refractivity contribution in [2.45, 2.75) is 26.2 Å². The number of hydrogen-bond donors (Lipinski definition) is 0. The summed E-state index contributed by atoms with van der Waals surface area (Å²) in [5, 5.41) is 0. The van der Waals surface area contributed by atoms with Gasteiger partial charge in [-0.15, -0.1) is 0 Å². The highest BCUT2D eigenvalue weighted by Crippen LogP contribution is 2.22. The predicted molar refractivity (Wildman–Crippen MR) is 46.2 cm³/mol. The summed E-state index contributed by atoms with van der Waals surface area (Å²) in [5.41, 5.74) is -0.806. The van der Waals surface area contributed by atoms with Crippen LogP contribution in [0.25, 0.3) is 0 Å². The van der Waals surface area contributed by atoms with Gasteiger partial charge < -0.3 is 9.15 Å². The maximum Gasteiger partial charge on any atom is 0.320 e. The summed E-state index contributed by atoms with van der Waals surface area (Å²) in [4.78, 5) is 15.4. The molecule has 0 aliphatic heterocycles. The van der Waals surface area contributed by atoms with Gasteiger partial charge in [0.25, 0.3) is 0 Å². The van der Waals surface area contributed by atoms with E-state index in [2.05, 4.69) is 4.98 Å². The Balaban J connectivity index is 2.82. The van der Waals surface area contributed by atoms with E-state index in [4.69, 9.17) is 9.15 Å². The Morgan fingerprint density at radius 1 is 1.69 bits per heavy atom. The molecule has 0 saturated heterocycles. The Kier molecular flexibility index (Phi) is 2.70. The number of oxazole rings is 1. The van der Waals surface area contributed by atoms with Crippen molar-refractivity contribution < 1.29 is 13.9 Å². The van der Waals surface area contributed by atoms with Gasteiger partial charge in [0.15, 0.2) is 0 Å². The van der Waals surface area contributed by atoms with Crippen LogP contribution in [0.15, 0.2) is 16.9 Å². The van der Waals surface area contributed by atoms with Gasteiger partial charge >= 0.3 is 5.97 Å². The van der Waals surface area contributed by atoms with Crippen molar-refractivity contribution in [1.29, 1.82) is 0 Å². The Labute approximate surface area is 76.9 Å². The summed E-state index contributed by atoms with van der Waals surface area (Å²) in [6, 6.07) is 0. The van der Waals surface area contributed by atoms with Crippen molar-refractivity contribution in [2.75, 3.05) is 6.61 Å². The lowest BCUT2D eigenvalue weighted by Crippen LogP contribution is -2.31. The van der Waals surface area contributed by atoms with Gasteiger partial charge in [-0.3, -0.25) is 4.79 Å². The van der Waals surface area contributed by atoms with Crippen LogP contribution in [0.4, 0.5) is 0 Å². The Morgan fingerprint density at radius 2 is 2.38 bits per heavy atom. The van der Waals surface area contributed by atoms with Crippen LogP contribution in [-0.2, 0) is 14.9 Å². The number of hydrogen-bond acceptors (Lipinski definition) is 4. The molecule has 0 radical (unpaired) electrons. The predicted octanol–water partition coefficient (Wildman–Crippen LogP) is 1.52. The fraction of sp³-hybridized carbons (Fsp3) is 0.556. The fourth-order valence-corrected chi connectivity index (χ4v) is 0.931. The molecule has 0 amide bonds. The van der Waals surface area contributed by atoms with Gasteiger partial charge in [-0.2, -0.15) is 0 Å². The number of esters is 1. The van der Waals surface area contributed by atoms with Crippen molar-refractivity contribution in [1.82, 2.24) is 4.98 Å². The molecule has 72 valence electrons. The molecule has 1 rings (SSSR count). The van der Waals surface area contributed by atoms with Crippen molar-refractivity contribution >= 4 is 5.97 Å². The van der Waals surface area contributed by atoms with Gasteiger partial charge in [0.05, 0.1) is 12.8 Å². The molecule has 0 unspecified atom stereocenters. The highest BCUT2D eigenvalue weighted by Gasteiger charge is 2.35. The minimum atomic E-state index is -0.806. The van der Waals surface area contributed by atoms with Gasteiger partial charge in [0.1, 0.15) is 11.7 Å². The molecule has 0 saturated carbocycles. The standard InChI is InChI=1S/C9H13NO3/c1-4-12-8(11)9(2,3)7-10-5-6-13-7/h5-6H,4H2,1-3H3. The van der Waals surface area contributed by atoms with Crippen molar-refractivity contribution in [3.05, 3.63) is 18.4 Å². The van der Waals surface area contributed by atoms with E-state index in [1.165, 1.54) is 12.5 Å². The Bertz CT molecular complexity index is 277. The Morgan fingerprint density at radius 3 is 2.85 bits per heavy atom. The number of rotatable bonds is 3. The van der Waals surface area contributed by atoms with Crippen molar-refractivity contribution in [2.24, 2.45) is 0 Å². The van der Waals surface area contributed by atoms with Gasteiger partial charge in [0.2, 0.25) is 5.89 Å². The first kappa shape index (κ1) is 9.77. The van der Waals surface area contributed by atoms with Crippen LogP contribution in [0.1, 0.15) is 26.7 Å². The largest absolute Gasteiger partial charge is 0.465 e. The monoisotopic (exact) mass is 183 g/mol. The second-order valence-corrected chi connectivity index (χ2v) is 3.18. The summed E-state index contributed by atoms with van der Waals surface area (Å²) in [7, 11) is 0. The van der Waals surface area contributed by atoms with E-state index >= 15 is 0 Å². The molecule has 1 aromatic rings. The minimum Gasteiger partial charge on any atom is -0.465 e. The average molecular weight is 183 g/mol. The van der Waals surface area contributed by atoms with Crippen LogP contribution >= 0.6 is 0 Å². The number of ether oxygens (including phenoxy) is 1. The summed E-state index contributed by atoms with van der Waals surface area (Å²) < 4.78 is 9.95. The molecular formula is C9H13NO3. The fourth-order valence-electron chi connectivity index (χ4n) is 0.931. The second kappa shape index (κ2) is 3.60. The number of nitrogens with zero attached hydrogens (tertiary/aromatic N) is 1. The van der Waals surface area contributed by atoms with E-state index in [9.17, 15) is 4.79 Å². The average Bonchev–Trinajstić information content (AvgIpc) is 2.56. The number of carbonyl (C=O) groups is 1. The second-order valence-electron chi connectivity index (χ2n) is 3.18. The smallest absolute Gasteiger partial charge is 0.320 e. The van der Waals surface area contributed by atoms with Crippen LogP contribution in [0.3, 0.4) is 0 Å². The molecule has 0 atom stereocenters. The van der Waals surface area contributed by atoms with Crippen molar-refractivity contribution in [3.8, 4) is 0 Å². The van der Waals surface area contributed by atoms with E-state index < -0.39 is 5.41 Å². The third-order valence-electron chi connectivity index (χ3n) is 1.75. The lowest BCUT2D eigenvalue weighted by molar-refractivity contribution is -0.149. The maximum absolute atomic E-state index is 11.4. The topological polar surface area (TPSA) is 52.3 Å². The zero-order valence-corrected chi connectivity index (χ0v) is 8.03. The third-order valence-corrected chi connectivity index (χ3v) is 1.75. The molecule has 0 aromatic carbocycles. The number of carbonyl (C=O) groups excluding carboxylic acids is 1. The maximum atomic E-state index is 11.4. The molecular weight excluding hydrogens is 170 g/mol. The highest BCUT2D eigenvalue weighted by molar-refractivity contribution is 5.80. The van der Waals surface area contributed by atoms with Crippen LogP contribution in [-0.4, -0.2) is 17.6 Å². The van der Waals surface area contributed by atoms with Crippen LogP contribution < -0.4 is 0 Å². The van der Waals surface area contributed by atoms with Crippen molar-refractivity contribution in [3.63, 3.8) is 0 Å². The molecule has 0 fully saturated rings. The van der Waals surface area contributed by atoms with Crippen LogP contribution in [0, 0.1) is 0 Å². The minimum absolute atomic E-state index is 0.322. The van der Waals surface area contributed by atoms with E-state index in [1.807, 2.05) is 0 Å². The summed E-state index contributed by atoms with van der Waals surface area (Å²) in [5.74, 6) is 0.0587. The van der Waals surface area contributed by atoms with E-state index in [-0.39, 0.29) is 5.97 Å².